The maximum atomic E-state index is 13.2. The lowest BCUT2D eigenvalue weighted by atomic mass is 10.2. The van der Waals surface area contributed by atoms with E-state index in [9.17, 15) is 21.6 Å². The lowest BCUT2D eigenvalue weighted by molar-refractivity contribution is 0.0994. The van der Waals surface area contributed by atoms with Crippen LogP contribution in [0.15, 0.2) is 82.6 Å². The molecule has 0 aliphatic rings. The van der Waals surface area contributed by atoms with Crippen LogP contribution in [0.25, 0.3) is 16.6 Å². The number of nitrogens with zero attached hydrogens (tertiary/aromatic N) is 1. The summed E-state index contributed by atoms with van der Waals surface area (Å²) in [6, 6.07) is 18.4. The second-order valence-corrected chi connectivity index (χ2v) is 11.3. The Kier molecular flexibility index (Phi) is 5.84. The van der Waals surface area contributed by atoms with E-state index in [0.717, 1.165) is 6.26 Å². The van der Waals surface area contributed by atoms with Crippen molar-refractivity contribution in [1.29, 1.82) is 0 Å². The first-order valence-corrected chi connectivity index (χ1v) is 13.3. The second kappa shape index (κ2) is 8.50. The van der Waals surface area contributed by atoms with Crippen LogP contribution in [-0.4, -0.2) is 40.7 Å². The van der Waals surface area contributed by atoms with E-state index < -0.39 is 25.8 Å². The van der Waals surface area contributed by atoms with E-state index >= 15 is 0 Å². The summed E-state index contributed by atoms with van der Waals surface area (Å²) >= 11 is 0. The van der Waals surface area contributed by atoms with Gasteiger partial charge in [0.1, 0.15) is 11.4 Å². The molecule has 11 heteroatoms. The van der Waals surface area contributed by atoms with Crippen molar-refractivity contribution in [3.05, 3.63) is 78.5 Å². The number of aromatic nitrogens is 1. The molecule has 0 atom stereocenters. The molecule has 3 aromatic carbocycles. The average molecular weight is 500 g/mol. The van der Waals surface area contributed by atoms with Crippen molar-refractivity contribution in [2.45, 2.75) is 9.79 Å². The number of fused-ring (bicyclic) bond motifs is 1. The maximum absolute atomic E-state index is 13.2. The van der Waals surface area contributed by atoms with E-state index in [1.54, 1.807) is 48.5 Å². The van der Waals surface area contributed by atoms with E-state index in [2.05, 4.69) is 4.72 Å². The molecule has 0 spiro atoms. The number of anilines is 1. The third-order valence-corrected chi connectivity index (χ3v) is 7.49. The minimum atomic E-state index is -3.87. The van der Waals surface area contributed by atoms with Gasteiger partial charge in [-0.3, -0.25) is 9.52 Å². The van der Waals surface area contributed by atoms with Crippen molar-refractivity contribution in [3.63, 3.8) is 0 Å². The normalized spacial score (nSPS) is 11.9. The number of amides is 1. The number of sulfonamides is 1. The molecule has 176 valence electrons. The highest BCUT2D eigenvalue weighted by atomic mass is 32.2. The number of carbonyl (C=O) groups is 1. The number of rotatable bonds is 7. The number of hydrogen-bond acceptors (Lipinski definition) is 6. The first kappa shape index (κ1) is 23.3. The molecule has 3 N–H and O–H groups in total. The zero-order valence-corrected chi connectivity index (χ0v) is 19.9. The summed E-state index contributed by atoms with van der Waals surface area (Å²) in [6.07, 6.45) is 1.03. The summed E-state index contributed by atoms with van der Waals surface area (Å²) in [4.78, 5) is 12.3. The number of hydrogen-bond donors (Lipinski definition) is 2. The van der Waals surface area contributed by atoms with Crippen LogP contribution in [0.1, 0.15) is 10.5 Å². The number of carbonyl (C=O) groups excluding carboxylic acids is 1. The summed E-state index contributed by atoms with van der Waals surface area (Å²) in [5.74, 6) is -0.201. The Morgan fingerprint density at radius 1 is 0.912 bits per heavy atom. The van der Waals surface area contributed by atoms with E-state index in [-0.39, 0.29) is 21.2 Å². The first-order valence-electron chi connectivity index (χ1n) is 9.92. The van der Waals surface area contributed by atoms with Crippen LogP contribution in [0, 0.1) is 0 Å². The smallest absolute Gasteiger partial charge is 0.265 e. The molecule has 0 radical (unpaired) electrons. The average Bonchev–Trinajstić information content (AvgIpc) is 3.17. The zero-order valence-electron chi connectivity index (χ0n) is 18.2. The minimum Gasteiger partial charge on any atom is -0.497 e. The van der Waals surface area contributed by atoms with Crippen LogP contribution in [0.3, 0.4) is 0 Å². The molecule has 1 heterocycles. The van der Waals surface area contributed by atoms with Gasteiger partial charge in [-0.25, -0.2) is 16.8 Å². The van der Waals surface area contributed by atoms with E-state index in [1.807, 2.05) is 0 Å². The first-order chi connectivity index (χ1) is 16.0. The third kappa shape index (κ3) is 4.47. The number of methoxy groups -OCH3 is 1. The summed E-state index contributed by atoms with van der Waals surface area (Å²) < 4.78 is 58.8. The number of ether oxygens (including phenoxy) is 1. The van der Waals surface area contributed by atoms with Crippen LogP contribution >= 0.6 is 0 Å². The van der Waals surface area contributed by atoms with Gasteiger partial charge in [-0.15, -0.1) is 0 Å². The van der Waals surface area contributed by atoms with Gasteiger partial charge in [-0.05, 0) is 60.7 Å². The zero-order chi connectivity index (χ0) is 24.7. The quantitative estimate of drug-likeness (QED) is 0.401. The van der Waals surface area contributed by atoms with Crippen LogP contribution < -0.4 is 15.2 Å². The van der Waals surface area contributed by atoms with Crippen LogP contribution in [0.2, 0.25) is 0 Å². The van der Waals surface area contributed by atoms with Gasteiger partial charge in [0.25, 0.3) is 5.91 Å². The van der Waals surface area contributed by atoms with Crippen molar-refractivity contribution in [1.82, 2.24) is 4.57 Å². The molecular weight excluding hydrogens is 478 g/mol. The minimum absolute atomic E-state index is 0.0119. The predicted molar refractivity (Wildman–Crippen MR) is 129 cm³/mol. The molecule has 0 saturated heterocycles. The molecule has 0 aliphatic heterocycles. The van der Waals surface area contributed by atoms with E-state index in [1.165, 1.54) is 35.9 Å². The summed E-state index contributed by atoms with van der Waals surface area (Å²) in [5, 5.41) is 0.622. The summed E-state index contributed by atoms with van der Waals surface area (Å²) in [7, 11) is -5.92. The molecular formula is C23H21N3O6S2. The fourth-order valence-corrected chi connectivity index (χ4v) is 5.47. The Labute approximate surface area is 196 Å². The highest BCUT2D eigenvalue weighted by Crippen LogP contribution is 2.30. The van der Waals surface area contributed by atoms with Crippen molar-refractivity contribution < 1.29 is 26.4 Å². The number of primary amides is 1. The number of nitrogens with one attached hydrogen (secondary N) is 1. The van der Waals surface area contributed by atoms with Gasteiger partial charge in [-0.2, -0.15) is 0 Å². The molecule has 4 rings (SSSR count). The van der Waals surface area contributed by atoms with Gasteiger partial charge in [0.2, 0.25) is 19.9 Å². The Hall–Kier alpha value is -3.83. The highest BCUT2D eigenvalue weighted by Gasteiger charge is 2.21. The molecule has 0 saturated carbocycles. The standard InChI is InChI=1S/C23H21N3O6S2/c1-32-18-8-10-19(11-9-18)34(30,31)20-5-3-4-17(14-20)26-21-13-16(25-33(2,28)29)7-6-15(21)12-22(26)23(24)27/h3-14,25H,1-2H3,(H2,24,27). The molecule has 9 nitrogen and oxygen atoms in total. The Morgan fingerprint density at radius 3 is 2.24 bits per heavy atom. The largest absolute Gasteiger partial charge is 0.497 e. The Balaban J connectivity index is 1.89. The molecule has 4 aromatic rings. The molecule has 0 bridgehead atoms. The number of nitrogens with two attached hydrogens (primary N) is 1. The number of sulfone groups is 1. The highest BCUT2D eigenvalue weighted by molar-refractivity contribution is 7.92. The number of benzene rings is 3. The Morgan fingerprint density at radius 2 is 1.62 bits per heavy atom. The van der Waals surface area contributed by atoms with Gasteiger partial charge < -0.3 is 15.0 Å². The maximum Gasteiger partial charge on any atom is 0.265 e. The van der Waals surface area contributed by atoms with Gasteiger partial charge in [0.15, 0.2) is 0 Å². The van der Waals surface area contributed by atoms with Crippen LogP contribution in [0.5, 0.6) is 5.75 Å². The lowest BCUT2D eigenvalue weighted by Crippen LogP contribution is -2.16. The molecule has 1 aromatic heterocycles. The molecule has 0 fully saturated rings. The fourth-order valence-electron chi connectivity index (χ4n) is 3.62. The van der Waals surface area contributed by atoms with Gasteiger partial charge >= 0.3 is 0 Å². The monoisotopic (exact) mass is 499 g/mol. The molecule has 1 amide bonds. The fraction of sp³-hybridized carbons (Fsp3) is 0.0870. The SMILES string of the molecule is COc1ccc(S(=O)(=O)c2cccc(-n3c(C(N)=O)cc4ccc(NS(C)(=O)=O)cc43)c2)cc1. The topological polar surface area (TPSA) is 138 Å². The summed E-state index contributed by atoms with van der Waals surface area (Å²) in [5.41, 5.74) is 6.84. The van der Waals surface area contributed by atoms with Crippen LogP contribution in [0.4, 0.5) is 5.69 Å². The lowest BCUT2D eigenvalue weighted by Gasteiger charge is -2.12. The van der Waals surface area contributed by atoms with Crippen molar-refractivity contribution in [3.8, 4) is 11.4 Å². The van der Waals surface area contributed by atoms with Crippen molar-refractivity contribution >= 4 is 42.4 Å². The molecule has 0 aliphatic carbocycles. The van der Waals surface area contributed by atoms with Gasteiger partial charge in [-0.1, -0.05) is 12.1 Å². The second-order valence-electron chi connectivity index (χ2n) is 7.55. The van der Waals surface area contributed by atoms with Gasteiger partial charge in [0, 0.05) is 11.1 Å². The summed E-state index contributed by atoms with van der Waals surface area (Å²) in [6.45, 7) is 0. The third-order valence-electron chi connectivity index (χ3n) is 5.12. The van der Waals surface area contributed by atoms with Crippen molar-refractivity contribution in [2.75, 3.05) is 18.1 Å². The van der Waals surface area contributed by atoms with E-state index in [4.69, 9.17) is 10.5 Å². The molecule has 34 heavy (non-hydrogen) atoms. The predicted octanol–water partition coefficient (Wildman–Crippen LogP) is 2.94. The van der Waals surface area contributed by atoms with Gasteiger partial charge in [0.05, 0.1) is 34.4 Å². The molecule has 0 unspecified atom stereocenters. The Bertz CT molecular complexity index is 1620. The van der Waals surface area contributed by atoms with Crippen LogP contribution in [-0.2, 0) is 19.9 Å². The van der Waals surface area contributed by atoms with Crippen molar-refractivity contribution in [2.24, 2.45) is 5.73 Å². The van der Waals surface area contributed by atoms with E-state index in [0.29, 0.717) is 22.3 Å².